The van der Waals surface area contributed by atoms with Crippen LogP contribution in [-0.2, 0) is 36.7 Å². The lowest BCUT2D eigenvalue weighted by atomic mass is 10.1. The van der Waals surface area contributed by atoms with Crippen molar-refractivity contribution in [1.82, 2.24) is 34.5 Å². The predicted molar refractivity (Wildman–Crippen MR) is 158 cm³/mol. The van der Waals surface area contributed by atoms with E-state index in [1.54, 1.807) is 0 Å². The monoisotopic (exact) mass is 721 g/mol. The van der Waals surface area contributed by atoms with E-state index in [9.17, 15) is 13.9 Å². The maximum absolute atomic E-state index is 16.0. The maximum atomic E-state index is 16.0. The van der Waals surface area contributed by atoms with Gasteiger partial charge in [-0.1, -0.05) is 35.8 Å². The predicted octanol–water partition coefficient (Wildman–Crippen LogP) is 2.32. The van der Waals surface area contributed by atoms with Crippen LogP contribution in [0.4, 0.5) is 14.6 Å². The van der Waals surface area contributed by atoms with Gasteiger partial charge in [-0.3, -0.25) is 27.5 Å². The van der Waals surface area contributed by atoms with E-state index in [0.29, 0.717) is 0 Å². The molecule has 2 bridgehead atoms. The molecule has 0 radical (unpaired) electrons. The van der Waals surface area contributed by atoms with Crippen LogP contribution in [0.5, 0.6) is 0 Å². The fourth-order valence-corrected chi connectivity index (χ4v) is 8.36. The number of nitrogen functional groups attached to an aromatic ring is 1. The minimum absolute atomic E-state index is 0.0320. The zero-order chi connectivity index (χ0) is 32.5. The Hall–Kier alpha value is -2.78. The van der Waals surface area contributed by atoms with E-state index in [2.05, 4.69) is 49.8 Å². The second-order valence-corrected chi connectivity index (χ2v) is 16.1. The average Bonchev–Trinajstić information content (AvgIpc) is 3.76. The first-order valence-electron chi connectivity index (χ1n) is 13.3. The largest absolute Gasteiger partial charge is 0.386 e. The number of nitrogens with two attached hydrogens (primary N) is 2. The number of nitrogens with zero attached hydrogens (tertiary/aromatic N) is 7. The number of anilines is 1. The highest BCUT2D eigenvalue weighted by atomic mass is 32.7. The van der Waals surface area contributed by atoms with E-state index < -0.39 is 81.9 Å². The van der Waals surface area contributed by atoms with Crippen molar-refractivity contribution < 1.29 is 50.3 Å². The summed E-state index contributed by atoms with van der Waals surface area (Å²) in [5, 5.41) is 7.93. The van der Waals surface area contributed by atoms with Crippen LogP contribution >= 0.6 is 38.1 Å². The fourth-order valence-electron chi connectivity index (χ4n) is 5.43. The third-order valence-electron chi connectivity index (χ3n) is 7.52. The number of benzene rings is 1. The molecule has 4 aromatic rings. The molecule has 7 rings (SSSR count). The Bertz CT molecular complexity index is 1940. The number of thiol groups is 2. The number of imidazole rings is 1. The zero-order valence-electron chi connectivity index (χ0n) is 22.9. The summed E-state index contributed by atoms with van der Waals surface area (Å²) in [4.78, 5) is 23.9. The van der Waals surface area contributed by atoms with Crippen LogP contribution < -0.4 is 11.5 Å². The number of primary amides is 1. The molecule has 1 aromatic carbocycles. The standard InChI is InChI=1S/C22H23F2N9O9P2S2/c23-12-10-4-37-43(35,45)41-16-11(40-21(13(16)24)32-7-29-15-18(25)27-6-28-20(15)32)5-38-44(36,46)42-17(12)22(39-10)33-9-3-1-2-8(19(26)34)14(9)30-31-33/h1-3,6-7,10-13,16-17,21-22H,4-5H2,(H2,26,34)(H,35,45)(H,36,46)(H2,25,27,28)/t10-,11?,12-,13-,16-,17-,21-,22-,43-,44+/m1/s1. The summed E-state index contributed by atoms with van der Waals surface area (Å²) in [6.45, 7) is -10.4. The summed E-state index contributed by atoms with van der Waals surface area (Å²) in [5.74, 6) is -0.752. The van der Waals surface area contributed by atoms with Gasteiger partial charge in [-0.05, 0) is 12.1 Å². The highest BCUT2D eigenvalue weighted by Gasteiger charge is 2.54. The Balaban J connectivity index is 1.20. The molecule has 0 aliphatic carbocycles. The average molecular weight is 722 g/mol. The Morgan fingerprint density at radius 1 is 0.935 bits per heavy atom. The van der Waals surface area contributed by atoms with Crippen LogP contribution in [0.1, 0.15) is 22.8 Å². The summed E-state index contributed by atoms with van der Waals surface area (Å²) in [7, 11) is 0. The topological polar surface area (TPSA) is 233 Å². The van der Waals surface area contributed by atoms with E-state index in [1.807, 2.05) is 0 Å². The molecule has 4 N–H and O–H groups in total. The fraction of sp³-hybridized carbons (Fsp3) is 0.455. The van der Waals surface area contributed by atoms with Crippen LogP contribution in [0, 0.1) is 0 Å². The van der Waals surface area contributed by atoms with Gasteiger partial charge in [0.15, 0.2) is 36.3 Å². The van der Waals surface area contributed by atoms with E-state index in [1.165, 1.54) is 29.1 Å². The Morgan fingerprint density at radius 3 is 2.37 bits per heavy atom. The number of aromatic nitrogens is 7. The second kappa shape index (κ2) is 11.7. The van der Waals surface area contributed by atoms with Gasteiger partial charge in [-0.25, -0.2) is 37.5 Å². The molecule has 3 aromatic heterocycles. The molecule has 1 amide bonds. The Labute approximate surface area is 266 Å². The lowest BCUT2D eigenvalue weighted by Crippen LogP contribution is -2.33. The van der Waals surface area contributed by atoms with Crippen molar-refractivity contribution in [2.75, 3.05) is 18.9 Å². The van der Waals surface area contributed by atoms with Crippen molar-refractivity contribution >= 4 is 72.0 Å². The summed E-state index contributed by atoms with van der Waals surface area (Å²) < 4.78 is 94.5. The quantitative estimate of drug-likeness (QED) is 0.176. The molecule has 10 atom stereocenters. The number of halogens is 2. The van der Waals surface area contributed by atoms with Crippen molar-refractivity contribution in [3.05, 3.63) is 36.4 Å². The zero-order valence-corrected chi connectivity index (χ0v) is 26.5. The summed E-state index contributed by atoms with van der Waals surface area (Å²) in [6, 6.07) is 4.42. The minimum atomic E-state index is -4.49. The number of hydrogen-bond acceptors (Lipinski definition) is 15. The summed E-state index contributed by atoms with van der Waals surface area (Å²) in [5.41, 5.74) is 11.9. The molecule has 46 heavy (non-hydrogen) atoms. The van der Waals surface area contributed by atoms with Crippen LogP contribution in [0.25, 0.3) is 22.2 Å². The number of rotatable bonds is 3. The van der Waals surface area contributed by atoms with Crippen LogP contribution in [0.2, 0.25) is 0 Å². The van der Waals surface area contributed by atoms with Crippen molar-refractivity contribution in [2.45, 2.75) is 49.2 Å². The van der Waals surface area contributed by atoms with E-state index in [-0.39, 0.29) is 33.6 Å². The first-order chi connectivity index (χ1) is 21.8. The lowest BCUT2D eigenvalue weighted by molar-refractivity contribution is -0.0603. The molecular weight excluding hydrogens is 698 g/mol. The molecule has 3 aliphatic rings. The number of carbonyl (C=O) groups is 1. The first-order valence-corrected chi connectivity index (χ1v) is 18.7. The third kappa shape index (κ3) is 5.59. The Morgan fingerprint density at radius 2 is 1.63 bits per heavy atom. The van der Waals surface area contributed by atoms with Gasteiger partial charge in [-0.15, -0.1) is 5.10 Å². The maximum Gasteiger partial charge on any atom is 0.386 e. The highest BCUT2D eigenvalue weighted by molar-refractivity contribution is 8.44. The number of hydrogen-bond donors (Lipinski definition) is 4. The number of carbonyl (C=O) groups excluding carboxylic acids is 1. The Kier molecular flexibility index (Phi) is 8.11. The van der Waals surface area contributed by atoms with E-state index >= 15 is 8.78 Å². The number of amides is 1. The molecule has 3 saturated heterocycles. The van der Waals surface area contributed by atoms with Gasteiger partial charge in [-0.2, -0.15) is 0 Å². The molecule has 1 unspecified atom stereocenters. The van der Waals surface area contributed by atoms with Gasteiger partial charge in [0.05, 0.1) is 30.6 Å². The normalized spacial score (nSPS) is 37.0. The molecular formula is C22H23F2N9O9P2S2. The molecule has 0 saturated carbocycles. The molecule has 18 nitrogen and oxygen atoms in total. The smallest absolute Gasteiger partial charge is 0.382 e. The highest BCUT2D eigenvalue weighted by Crippen LogP contribution is 2.60. The van der Waals surface area contributed by atoms with Crippen molar-refractivity contribution in [2.24, 2.45) is 5.73 Å². The SMILES string of the molecule is NC(=O)c1cccc2c1nnn2[C@@H]1O[C@@H]2CO[P@@](=O)(S)O[C@@H]3C(CO[P@](=O)(S)O[C@@H]1[C@@H]2F)O[C@@H](n1cnc2c(N)ncnc21)[C@@H]3F. The number of alkyl halides is 2. The van der Waals surface area contributed by atoms with Crippen LogP contribution in [0.3, 0.4) is 0 Å². The van der Waals surface area contributed by atoms with E-state index in [0.717, 1.165) is 11.0 Å². The van der Waals surface area contributed by atoms with Crippen molar-refractivity contribution in [3.8, 4) is 0 Å². The van der Waals surface area contributed by atoms with Gasteiger partial charge in [0.25, 0.3) is 5.91 Å². The van der Waals surface area contributed by atoms with Crippen LogP contribution in [0.15, 0.2) is 30.9 Å². The van der Waals surface area contributed by atoms with Gasteiger partial charge in [0.2, 0.25) is 0 Å². The number of fused-ring (bicyclic) bond motifs is 5. The molecule has 24 heteroatoms. The molecule has 246 valence electrons. The number of ether oxygens (including phenoxy) is 2. The summed E-state index contributed by atoms with van der Waals surface area (Å²) >= 11 is 7.97. The van der Waals surface area contributed by atoms with E-state index in [4.69, 9.17) is 39.0 Å². The van der Waals surface area contributed by atoms with Gasteiger partial charge in [0.1, 0.15) is 41.8 Å². The molecule has 6 heterocycles. The van der Waals surface area contributed by atoms with Crippen molar-refractivity contribution in [1.29, 1.82) is 0 Å². The molecule has 0 spiro atoms. The lowest BCUT2D eigenvalue weighted by Gasteiger charge is -2.25. The second-order valence-electron chi connectivity index (χ2n) is 10.3. The minimum Gasteiger partial charge on any atom is -0.382 e. The molecule has 3 aliphatic heterocycles. The van der Waals surface area contributed by atoms with Gasteiger partial charge < -0.3 is 20.9 Å². The first kappa shape index (κ1) is 31.8. The summed E-state index contributed by atoms with van der Waals surface area (Å²) in [6.07, 6.45) is -11.1. The van der Waals surface area contributed by atoms with Gasteiger partial charge in [0, 0.05) is 0 Å². The van der Waals surface area contributed by atoms with Crippen molar-refractivity contribution in [3.63, 3.8) is 0 Å². The molecule has 3 fully saturated rings. The van der Waals surface area contributed by atoms with Crippen LogP contribution in [-0.4, -0.2) is 90.4 Å². The third-order valence-corrected chi connectivity index (χ3v) is 10.7. The van der Waals surface area contributed by atoms with Gasteiger partial charge >= 0.3 is 13.6 Å².